The Morgan fingerprint density at radius 3 is 2.68 bits per heavy atom. The van der Waals surface area contributed by atoms with Crippen molar-refractivity contribution in [2.75, 3.05) is 12.9 Å². The van der Waals surface area contributed by atoms with Crippen LogP contribution in [-0.4, -0.2) is 27.2 Å². The van der Waals surface area contributed by atoms with Gasteiger partial charge in [0.2, 0.25) is 0 Å². The normalized spacial score (nSPS) is 13.1. The molecule has 4 nitrogen and oxygen atoms in total. The average Bonchev–Trinajstić information content (AvgIpc) is 2.33. The minimum absolute atomic E-state index is 0.129. The summed E-state index contributed by atoms with van der Waals surface area (Å²) in [5.74, 6) is -2.51. The minimum atomic E-state index is -3.53. The van der Waals surface area contributed by atoms with Gasteiger partial charge in [-0.15, -0.1) is 0 Å². The van der Waals surface area contributed by atoms with Crippen LogP contribution in [-0.2, 0) is 25.1 Å². The fourth-order valence-corrected chi connectivity index (χ4v) is 3.93. The molecule has 1 unspecified atom stereocenters. The smallest absolute Gasteiger partial charge is 0.309 e. The SMILES string of the molecule is COC(=O)C(C)CS(=O)(=O)Cc1cccc(F)c1Br. The summed E-state index contributed by atoms with van der Waals surface area (Å²) in [6.07, 6.45) is 0. The molecule has 0 bridgehead atoms. The van der Waals surface area contributed by atoms with Crippen molar-refractivity contribution in [2.24, 2.45) is 5.92 Å². The Hall–Kier alpha value is -0.950. The maximum Gasteiger partial charge on any atom is 0.309 e. The molecular weight excluding hydrogens is 339 g/mol. The van der Waals surface area contributed by atoms with E-state index >= 15 is 0 Å². The molecule has 0 heterocycles. The summed E-state index contributed by atoms with van der Waals surface area (Å²) in [4.78, 5) is 11.2. The van der Waals surface area contributed by atoms with Crippen molar-refractivity contribution in [3.63, 3.8) is 0 Å². The van der Waals surface area contributed by atoms with E-state index in [1.807, 2.05) is 0 Å². The van der Waals surface area contributed by atoms with E-state index in [1.54, 1.807) is 0 Å². The third-order valence-corrected chi connectivity index (χ3v) is 5.16. The Morgan fingerprint density at radius 2 is 2.11 bits per heavy atom. The zero-order valence-corrected chi connectivity index (χ0v) is 12.9. The van der Waals surface area contributed by atoms with E-state index in [1.165, 1.54) is 32.2 Å². The molecule has 0 saturated heterocycles. The Bertz CT molecular complexity index is 571. The standard InChI is InChI=1S/C12H14BrFO4S/c1-8(12(15)18-2)6-19(16,17)7-9-4-3-5-10(14)11(9)13/h3-5,8H,6-7H2,1-2H3. The van der Waals surface area contributed by atoms with Gasteiger partial charge in [-0.2, -0.15) is 0 Å². The van der Waals surface area contributed by atoms with Gasteiger partial charge in [0, 0.05) is 0 Å². The van der Waals surface area contributed by atoms with Crippen LogP contribution in [0.3, 0.4) is 0 Å². The first kappa shape index (κ1) is 16.1. The summed E-state index contributed by atoms with van der Waals surface area (Å²) in [6.45, 7) is 1.48. The monoisotopic (exact) mass is 352 g/mol. The molecule has 0 spiro atoms. The number of hydrogen-bond acceptors (Lipinski definition) is 4. The molecular formula is C12H14BrFO4S. The van der Waals surface area contributed by atoms with Crippen molar-refractivity contribution >= 4 is 31.7 Å². The van der Waals surface area contributed by atoms with Crippen LogP contribution in [0.2, 0.25) is 0 Å². The molecule has 0 aliphatic heterocycles. The van der Waals surface area contributed by atoms with Gasteiger partial charge in [0.1, 0.15) is 5.82 Å². The van der Waals surface area contributed by atoms with Crippen LogP contribution in [0.25, 0.3) is 0 Å². The van der Waals surface area contributed by atoms with Crippen LogP contribution >= 0.6 is 15.9 Å². The lowest BCUT2D eigenvalue weighted by atomic mass is 10.2. The molecule has 0 aliphatic carbocycles. The van der Waals surface area contributed by atoms with Crippen molar-refractivity contribution in [1.82, 2.24) is 0 Å². The first-order valence-corrected chi connectivity index (χ1v) is 8.09. The first-order valence-electron chi connectivity index (χ1n) is 5.48. The molecule has 0 radical (unpaired) electrons. The van der Waals surface area contributed by atoms with Gasteiger partial charge < -0.3 is 4.74 Å². The van der Waals surface area contributed by atoms with Crippen LogP contribution in [0.4, 0.5) is 4.39 Å². The van der Waals surface area contributed by atoms with Crippen molar-refractivity contribution in [3.05, 3.63) is 34.1 Å². The summed E-state index contributed by atoms with van der Waals surface area (Å²) in [5.41, 5.74) is 0.331. The van der Waals surface area contributed by atoms with Gasteiger partial charge >= 0.3 is 5.97 Å². The number of carbonyl (C=O) groups excluding carboxylic acids is 1. The molecule has 0 N–H and O–H groups in total. The highest BCUT2D eigenvalue weighted by atomic mass is 79.9. The molecule has 7 heteroatoms. The maximum atomic E-state index is 13.3. The number of rotatable bonds is 5. The minimum Gasteiger partial charge on any atom is -0.469 e. The quantitative estimate of drug-likeness (QED) is 0.763. The van der Waals surface area contributed by atoms with Crippen LogP contribution in [0.1, 0.15) is 12.5 Å². The van der Waals surface area contributed by atoms with Crippen molar-refractivity contribution < 1.29 is 22.3 Å². The summed E-state index contributed by atoms with van der Waals surface area (Å²) >= 11 is 3.01. The maximum absolute atomic E-state index is 13.3. The molecule has 0 aromatic heterocycles. The molecule has 1 atom stereocenters. The number of sulfone groups is 1. The fourth-order valence-electron chi connectivity index (χ4n) is 1.61. The topological polar surface area (TPSA) is 60.4 Å². The molecule has 1 aromatic rings. The molecule has 1 aromatic carbocycles. The Balaban J connectivity index is 2.86. The van der Waals surface area contributed by atoms with Gasteiger partial charge in [0.15, 0.2) is 9.84 Å². The molecule has 0 amide bonds. The predicted octanol–water partition coefficient (Wildman–Crippen LogP) is 2.31. The second-order valence-corrected chi connectivity index (χ2v) is 7.09. The molecule has 0 fully saturated rings. The van der Waals surface area contributed by atoms with E-state index < -0.39 is 27.5 Å². The molecule has 0 aliphatic rings. The van der Waals surface area contributed by atoms with Gasteiger partial charge in [-0.3, -0.25) is 4.79 Å². The summed E-state index contributed by atoms with van der Waals surface area (Å²) in [6, 6.07) is 4.19. The zero-order valence-electron chi connectivity index (χ0n) is 10.5. The van der Waals surface area contributed by atoms with E-state index in [0.717, 1.165) is 0 Å². The van der Waals surface area contributed by atoms with E-state index in [0.29, 0.717) is 5.56 Å². The van der Waals surface area contributed by atoms with Gasteiger partial charge in [-0.25, -0.2) is 12.8 Å². The Kier molecular flexibility index (Phi) is 5.49. The highest BCUT2D eigenvalue weighted by Crippen LogP contribution is 2.23. The fraction of sp³-hybridized carbons (Fsp3) is 0.417. The van der Waals surface area contributed by atoms with Crippen molar-refractivity contribution in [1.29, 1.82) is 0 Å². The number of hydrogen-bond donors (Lipinski definition) is 0. The summed E-state index contributed by atoms with van der Waals surface area (Å²) in [5, 5.41) is 0. The Morgan fingerprint density at radius 1 is 1.47 bits per heavy atom. The van der Waals surface area contributed by atoms with Crippen LogP contribution in [0.15, 0.2) is 22.7 Å². The third kappa shape index (κ3) is 4.58. The zero-order chi connectivity index (χ0) is 14.6. The van der Waals surface area contributed by atoms with Gasteiger partial charge in [0.05, 0.1) is 29.0 Å². The van der Waals surface area contributed by atoms with Crippen molar-refractivity contribution in [2.45, 2.75) is 12.7 Å². The number of esters is 1. The number of carbonyl (C=O) groups is 1. The number of halogens is 2. The van der Waals surface area contributed by atoms with Crippen LogP contribution in [0.5, 0.6) is 0 Å². The Labute approximate surface area is 120 Å². The van der Waals surface area contributed by atoms with Crippen LogP contribution in [0, 0.1) is 11.7 Å². The highest BCUT2D eigenvalue weighted by molar-refractivity contribution is 9.10. The largest absolute Gasteiger partial charge is 0.469 e. The number of benzene rings is 1. The molecule has 106 valence electrons. The first-order chi connectivity index (χ1) is 8.76. The number of methoxy groups -OCH3 is 1. The van der Waals surface area contributed by atoms with E-state index in [-0.39, 0.29) is 16.0 Å². The van der Waals surface area contributed by atoms with Gasteiger partial charge in [-0.05, 0) is 27.6 Å². The second-order valence-electron chi connectivity index (χ2n) is 4.19. The highest BCUT2D eigenvalue weighted by Gasteiger charge is 2.23. The lowest BCUT2D eigenvalue weighted by Gasteiger charge is -2.11. The lowest BCUT2D eigenvalue weighted by molar-refractivity contribution is -0.144. The summed E-state index contributed by atoms with van der Waals surface area (Å²) in [7, 11) is -2.32. The molecule has 0 saturated carbocycles. The molecule has 1 rings (SSSR count). The number of ether oxygens (including phenoxy) is 1. The van der Waals surface area contributed by atoms with E-state index in [2.05, 4.69) is 20.7 Å². The van der Waals surface area contributed by atoms with E-state index in [9.17, 15) is 17.6 Å². The average molecular weight is 353 g/mol. The third-order valence-electron chi connectivity index (χ3n) is 2.51. The van der Waals surface area contributed by atoms with Gasteiger partial charge in [-0.1, -0.05) is 19.1 Å². The second kappa shape index (κ2) is 6.47. The molecule has 19 heavy (non-hydrogen) atoms. The van der Waals surface area contributed by atoms with Crippen LogP contribution < -0.4 is 0 Å². The van der Waals surface area contributed by atoms with Crippen molar-refractivity contribution in [3.8, 4) is 0 Å². The predicted molar refractivity (Wildman–Crippen MR) is 72.8 cm³/mol. The lowest BCUT2D eigenvalue weighted by Crippen LogP contribution is -2.23. The summed E-state index contributed by atoms with van der Waals surface area (Å²) < 4.78 is 41.8. The van der Waals surface area contributed by atoms with Gasteiger partial charge in [0.25, 0.3) is 0 Å². The van der Waals surface area contributed by atoms with E-state index in [4.69, 9.17) is 0 Å².